The molecule has 0 aliphatic carbocycles. The van der Waals surface area contributed by atoms with Gasteiger partial charge in [-0.3, -0.25) is 4.79 Å². The lowest BCUT2D eigenvalue weighted by molar-refractivity contribution is -0.124. The van der Waals surface area contributed by atoms with Crippen molar-refractivity contribution in [3.8, 4) is 0 Å². The summed E-state index contributed by atoms with van der Waals surface area (Å²) in [6, 6.07) is -0.448. The molecule has 0 aromatic rings. The molecule has 4 heteroatoms. The third-order valence-electron chi connectivity index (χ3n) is 3.52. The number of carbonyl (C=O) groups is 1. The van der Waals surface area contributed by atoms with Gasteiger partial charge in [0.15, 0.2) is 0 Å². The van der Waals surface area contributed by atoms with Crippen molar-refractivity contribution in [3.05, 3.63) is 0 Å². The molecular weight excluding hydrogens is 232 g/mol. The van der Waals surface area contributed by atoms with Gasteiger partial charge in [0.05, 0.1) is 6.04 Å². The Morgan fingerprint density at radius 1 is 1.29 bits per heavy atom. The SMILES string of the molecule is CCC(CC)(CNC(=O)[C@H](N)C(C)(C)C)SC. The lowest BCUT2D eigenvalue weighted by Crippen LogP contribution is -2.51. The molecule has 0 fully saturated rings. The Morgan fingerprint density at radius 3 is 2.06 bits per heavy atom. The number of carbonyl (C=O) groups excluding carboxylic acids is 1. The molecule has 0 aromatic heterocycles. The summed E-state index contributed by atoms with van der Waals surface area (Å²) in [6.07, 6.45) is 4.20. The van der Waals surface area contributed by atoms with E-state index in [0.29, 0.717) is 6.54 Å². The molecule has 0 saturated heterocycles. The molecule has 0 bridgehead atoms. The van der Waals surface area contributed by atoms with E-state index in [-0.39, 0.29) is 16.1 Å². The van der Waals surface area contributed by atoms with Crippen molar-refractivity contribution >= 4 is 17.7 Å². The average molecular weight is 260 g/mol. The molecule has 0 unspecified atom stereocenters. The summed E-state index contributed by atoms with van der Waals surface area (Å²) in [7, 11) is 0. The highest BCUT2D eigenvalue weighted by Crippen LogP contribution is 2.29. The Kier molecular flexibility index (Phi) is 6.56. The molecule has 3 nitrogen and oxygen atoms in total. The van der Waals surface area contributed by atoms with Crippen LogP contribution in [0.15, 0.2) is 0 Å². The van der Waals surface area contributed by atoms with Crippen molar-refractivity contribution in [2.45, 2.75) is 58.2 Å². The van der Waals surface area contributed by atoms with Gasteiger partial charge < -0.3 is 11.1 Å². The highest BCUT2D eigenvalue weighted by atomic mass is 32.2. The summed E-state index contributed by atoms with van der Waals surface area (Å²) in [5.41, 5.74) is 5.74. The quantitative estimate of drug-likeness (QED) is 0.771. The first-order valence-corrected chi connectivity index (χ1v) is 7.53. The molecular formula is C13H28N2OS. The van der Waals surface area contributed by atoms with Crippen LogP contribution in [0.5, 0.6) is 0 Å². The van der Waals surface area contributed by atoms with Gasteiger partial charge in [0.1, 0.15) is 0 Å². The van der Waals surface area contributed by atoms with Crippen LogP contribution in [0.1, 0.15) is 47.5 Å². The number of rotatable bonds is 6. The maximum atomic E-state index is 11.9. The molecule has 17 heavy (non-hydrogen) atoms. The fourth-order valence-electron chi connectivity index (χ4n) is 1.61. The highest BCUT2D eigenvalue weighted by Gasteiger charge is 2.30. The van der Waals surface area contributed by atoms with Crippen LogP contribution in [-0.4, -0.2) is 29.5 Å². The minimum atomic E-state index is -0.448. The first kappa shape index (κ1) is 16.8. The summed E-state index contributed by atoms with van der Waals surface area (Å²) in [5, 5.41) is 3.00. The van der Waals surface area contributed by atoms with Crippen LogP contribution < -0.4 is 11.1 Å². The van der Waals surface area contributed by atoms with Crippen molar-refractivity contribution in [1.29, 1.82) is 0 Å². The fourth-order valence-corrected chi connectivity index (χ4v) is 2.41. The van der Waals surface area contributed by atoms with E-state index in [1.807, 2.05) is 32.5 Å². The minimum absolute atomic E-state index is 0.0437. The molecule has 0 saturated carbocycles. The number of thioether (sulfide) groups is 1. The second kappa shape index (κ2) is 6.64. The van der Waals surface area contributed by atoms with Gasteiger partial charge in [-0.15, -0.1) is 0 Å². The second-order valence-corrected chi connectivity index (χ2v) is 6.93. The average Bonchev–Trinajstić information content (AvgIpc) is 2.29. The monoisotopic (exact) mass is 260 g/mol. The van der Waals surface area contributed by atoms with Crippen molar-refractivity contribution < 1.29 is 4.79 Å². The van der Waals surface area contributed by atoms with Gasteiger partial charge in [-0.1, -0.05) is 34.6 Å². The third kappa shape index (κ3) is 4.88. The summed E-state index contributed by atoms with van der Waals surface area (Å²) in [5.74, 6) is -0.0437. The number of nitrogens with one attached hydrogen (secondary N) is 1. The van der Waals surface area contributed by atoms with Gasteiger partial charge in [-0.2, -0.15) is 11.8 Å². The Balaban J connectivity index is 4.42. The fraction of sp³-hybridized carbons (Fsp3) is 0.923. The van der Waals surface area contributed by atoms with Crippen molar-refractivity contribution in [1.82, 2.24) is 5.32 Å². The molecule has 102 valence electrons. The predicted octanol–water partition coefficient (Wildman–Crippen LogP) is 2.40. The van der Waals surface area contributed by atoms with Gasteiger partial charge >= 0.3 is 0 Å². The van der Waals surface area contributed by atoms with Crippen molar-refractivity contribution in [2.24, 2.45) is 11.1 Å². The van der Waals surface area contributed by atoms with Gasteiger partial charge in [0.25, 0.3) is 0 Å². The molecule has 0 radical (unpaired) electrons. The number of nitrogens with two attached hydrogens (primary N) is 1. The smallest absolute Gasteiger partial charge is 0.237 e. The number of amides is 1. The summed E-state index contributed by atoms with van der Waals surface area (Å²) >= 11 is 1.82. The largest absolute Gasteiger partial charge is 0.353 e. The predicted molar refractivity (Wildman–Crippen MR) is 77.3 cm³/mol. The first-order valence-electron chi connectivity index (χ1n) is 6.31. The minimum Gasteiger partial charge on any atom is -0.353 e. The van der Waals surface area contributed by atoms with Crippen LogP contribution in [0.4, 0.5) is 0 Å². The van der Waals surface area contributed by atoms with E-state index >= 15 is 0 Å². The zero-order valence-electron chi connectivity index (χ0n) is 12.1. The molecule has 1 amide bonds. The van der Waals surface area contributed by atoms with E-state index < -0.39 is 6.04 Å². The maximum Gasteiger partial charge on any atom is 0.237 e. The van der Waals surface area contributed by atoms with Crippen molar-refractivity contribution in [2.75, 3.05) is 12.8 Å². The van der Waals surface area contributed by atoms with E-state index in [9.17, 15) is 4.79 Å². The van der Waals surface area contributed by atoms with E-state index in [2.05, 4.69) is 25.4 Å². The molecule has 0 rings (SSSR count). The molecule has 0 aliphatic rings. The molecule has 0 aliphatic heterocycles. The molecule has 0 aromatic carbocycles. The topological polar surface area (TPSA) is 55.1 Å². The Hall–Kier alpha value is -0.220. The first-order chi connectivity index (χ1) is 7.72. The van der Waals surface area contributed by atoms with E-state index in [1.165, 1.54) is 0 Å². The van der Waals surface area contributed by atoms with E-state index in [1.54, 1.807) is 0 Å². The summed E-state index contributed by atoms with van der Waals surface area (Å²) < 4.78 is 0.146. The molecule has 1 atom stereocenters. The summed E-state index contributed by atoms with van der Waals surface area (Å²) in [4.78, 5) is 11.9. The standard InChI is InChI=1S/C13H28N2OS/c1-7-13(8-2,17-6)9-15-11(16)10(14)12(3,4)5/h10H,7-9,14H2,1-6H3,(H,15,16)/t10-/m0/s1. The Labute approximate surface area is 110 Å². The maximum absolute atomic E-state index is 11.9. The Bertz CT molecular complexity index is 236. The zero-order chi connectivity index (χ0) is 13.7. The van der Waals surface area contributed by atoms with Gasteiger partial charge in [0, 0.05) is 11.3 Å². The zero-order valence-corrected chi connectivity index (χ0v) is 12.9. The number of hydrogen-bond donors (Lipinski definition) is 2. The number of hydrogen-bond acceptors (Lipinski definition) is 3. The van der Waals surface area contributed by atoms with E-state index in [4.69, 9.17) is 5.73 Å². The highest BCUT2D eigenvalue weighted by molar-refractivity contribution is 8.00. The summed E-state index contributed by atoms with van der Waals surface area (Å²) in [6.45, 7) is 11.0. The molecule has 3 N–H and O–H groups in total. The van der Waals surface area contributed by atoms with Gasteiger partial charge in [-0.05, 0) is 24.5 Å². The van der Waals surface area contributed by atoms with E-state index in [0.717, 1.165) is 12.8 Å². The van der Waals surface area contributed by atoms with Crippen LogP contribution >= 0.6 is 11.8 Å². The third-order valence-corrected chi connectivity index (χ3v) is 5.11. The van der Waals surface area contributed by atoms with Crippen LogP contribution in [0.25, 0.3) is 0 Å². The van der Waals surface area contributed by atoms with Crippen LogP contribution in [0.3, 0.4) is 0 Å². The lowest BCUT2D eigenvalue weighted by atomic mass is 9.87. The Morgan fingerprint density at radius 2 is 1.76 bits per heavy atom. The molecule has 0 spiro atoms. The van der Waals surface area contributed by atoms with Crippen LogP contribution in [-0.2, 0) is 4.79 Å². The van der Waals surface area contributed by atoms with Gasteiger partial charge in [-0.25, -0.2) is 0 Å². The van der Waals surface area contributed by atoms with Crippen LogP contribution in [0.2, 0.25) is 0 Å². The van der Waals surface area contributed by atoms with Crippen molar-refractivity contribution in [3.63, 3.8) is 0 Å². The molecule has 0 heterocycles. The normalized spacial score (nSPS) is 14.5. The lowest BCUT2D eigenvalue weighted by Gasteiger charge is -2.32. The van der Waals surface area contributed by atoms with Crippen LogP contribution in [0, 0.1) is 5.41 Å². The van der Waals surface area contributed by atoms with Gasteiger partial charge in [0.2, 0.25) is 5.91 Å². The second-order valence-electron chi connectivity index (χ2n) is 5.66.